The lowest BCUT2D eigenvalue weighted by Gasteiger charge is -2.24. The molecule has 2 atom stereocenters. The van der Waals surface area contributed by atoms with Crippen LogP contribution in [0.15, 0.2) is 40.6 Å². The van der Waals surface area contributed by atoms with E-state index in [4.69, 9.17) is 11.6 Å². The van der Waals surface area contributed by atoms with Gasteiger partial charge < -0.3 is 0 Å². The first kappa shape index (κ1) is 15.7. The van der Waals surface area contributed by atoms with Crippen LogP contribution in [0, 0.1) is 0 Å². The molecule has 0 amide bonds. The largest absolute Gasteiger partial charge is 0.295 e. The predicted molar refractivity (Wildman–Crippen MR) is 88.0 cm³/mol. The second-order valence-corrected chi connectivity index (χ2v) is 7.66. The van der Waals surface area contributed by atoms with Gasteiger partial charge in [0, 0.05) is 44.8 Å². The monoisotopic (exact) mass is 327 g/mol. The molecule has 1 aromatic carbocycles. The van der Waals surface area contributed by atoms with Crippen LogP contribution >= 0.6 is 22.9 Å². The molecule has 0 bridgehead atoms. The molecule has 0 spiro atoms. The molecule has 0 radical (unpaired) electrons. The van der Waals surface area contributed by atoms with Crippen molar-refractivity contribution in [3.05, 3.63) is 51.2 Å². The average molecular weight is 328 g/mol. The quantitative estimate of drug-likeness (QED) is 0.814. The fourth-order valence-electron chi connectivity index (χ4n) is 2.01. The lowest BCUT2D eigenvalue weighted by Crippen LogP contribution is -2.21. The second kappa shape index (κ2) is 6.85. The first-order valence-corrected chi connectivity index (χ1v) is 9.15. The fraction of sp³-hybridized carbons (Fsp3) is 0.333. The molecule has 0 saturated heterocycles. The Balaban J connectivity index is 2.05. The van der Waals surface area contributed by atoms with Gasteiger partial charge in [0.2, 0.25) is 0 Å². The van der Waals surface area contributed by atoms with Crippen LogP contribution in [0.3, 0.4) is 0 Å². The molecule has 5 heteroatoms. The predicted octanol–water partition coefficient (Wildman–Crippen LogP) is 4.33. The zero-order valence-corrected chi connectivity index (χ0v) is 14.2. The highest BCUT2D eigenvalue weighted by Crippen LogP contribution is 2.25. The minimum absolute atomic E-state index is 0.301. The van der Waals surface area contributed by atoms with Gasteiger partial charge in [-0.3, -0.25) is 9.11 Å². The molecule has 2 rings (SSSR count). The first-order chi connectivity index (χ1) is 9.47. The second-order valence-electron chi connectivity index (χ2n) is 4.85. The Morgan fingerprint density at radius 2 is 2.00 bits per heavy atom. The summed E-state index contributed by atoms with van der Waals surface area (Å²) in [5, 5.41) is 2.77. The third-order valence-electron chi connectivity index (χ3n) is 3.38. The van der Waals surface area contributed by atoms with Crippen LogP contribution in [-0.4, -0.2) is 22.4 Å². The molecule has 1 heterocycles. The van der Waals surface area contributed by atoms with Crippen LogP contribution in [0.2, 0.25) is 5.02 Å². The van der Waals surface area contributed by atoms with Gasteiger partial charge in [-0.1, -0.05) is 23.7 Å². The van der Waals surface area contributed by atoms with E-state index < -0.39 is 10.8 Å². The van der Waals surface area contributed by atoms with Gasteiger partial charge in [0.05, 0.1) is 5.02 Å². The zero-order valence-electron chi connectivity index (χ0n) is 11.8. The Labute approximate surface area is 131 Å². The summed E-state index contributed by atoms with van der Waals surface area (Å²) in [6, 6.07) is 10.3. The van der Waals surface area contributed by atoms with Gasteiger partial charge in [-0.15, -0.1) is 11.3 Å². The Hall–Kier alpha value is -0.680. The molecule has 0 aliphatic carbocycles. The van der Waals surface area contributed by atoms with Crippen molar-refractivity contribution in [2.45, 2.75) is 24.4 Å². The zero-order chi connectivity index (χ0) is 14.7. The fourth-order valence-corrected chi connectivity index (χ4v) is 3.67. The topological polar surface area (TPSA) is 20.3 Å². The normalized spacial score (nSPS) is 14.4. The summed E-state index contributed by atoms with van der Waals surface area (Å²) in [6.07, 6.45) is 1.70. The van der Waals surface area contributed by atoms with Crippen LogP contribution < -0.4 is 0 Å². The van der Waals surface area contributed by atoms with Crippen molar-refractivity contribution in [1.29, 1.82) is 0 Å². The highest BCUT2D eigenvalue weighted by atomic mass is 35.5. The highest BCUT2D eigenvalue weighted by molar-refractivity contribution is 7.84. The number of nitrogens with zero attached hydrogens (tertiary/aromatic N) is 1. The van der Waals surface area contributed by atoms with E-state index in [1.165, 1.54) is 10.4 Å². The van der Waals surface area contributed by atoms with Gasteiger partial charge in [-0.2, -0.15) is 0 Å². The summed E-state index contributed by atoms with van der Waals surface area (Å²) in [7, 11) is 1.18. The minimum Gasteiger partial charge on any atom is -0.295 e. The van der Waals surface area contributed by atoms with E-state index >= 15 is 0 Å². The maximum atomic E-state index is 11.4. The highest BCUT2D eigenvalue weighted by Gasteiger charge is 2.13. The van der Waals surface area contributed by atoms with E-state index in [2.05, 4.69) is 31.0 Å². The van der Waals surface area contributed by atoms with Crippen LogP contribution in [0.4, 0.5) is 0 Å². The standard InChI is InChI=1S/C15H18ClNOS2/c1-11(12-4-6-15(7-5-12)20(3)18)17(2)9-14-8-13(16)10-19-14/h4-8,10-11H,9H2,1-3H3. The summed E-state index contributed by atoms with van der Waals surface area (Å²) >= 11 is 7.63. The summed E-state index contributed by atoms with van der Waals surface area (Å²) in [5.41, 5.74) is 1.23. The summed E-state index contributed by atoms with van der Waals surface area (Å²) in [4.78, 5) is 4.41. The SMILES string of the molecule is CC(c1ccc(S(C)=O)cc1)N(C)Cc1cc(Cl)cs1. The van der Waals surface area contributed by atoms with E-state index in [-0.39, 0.29) is 0 Å². The molecule has 2 unspecified atom stereocenters. The summed E-state index contributed by atoms with van der Waals surface area (Å²) in [5.74, 6) is 0. The van der Waals surface area contributed by atoms with Crippen LogP contribution in [-0.2, 0) is 17.3 Å². The first-order valence-electron chi connectivity index (χ1n) is 6.34. The van der Waals surface area contributed by atoms with Crippen LogP contribution in [0.5, 0.6) is 0 Å². The molecule has 0 aliphatic rings. The van der Waals surface area contributed by atoms with Crippen LogP contribution in [0.1, 0.15) is 23.4 Å². The van der Waals surface area contributed by atoms with Crippen LogP contribution in [0.25, 0.3) is 0 Å². The van der Waals surface area contributed by atoms with Crippen molar-refractivity contribution >= 4 is 33.7 Å². The van der Waals surface area contributed by atoms with Crippen molar-refractivity contribution < 1.29 is 4.21 Å². The Morgan fingerprint density at radius 3 is 2.50 bits per heavy atom. The molecular weight excluding hydrogens is 310 g/mol. The summed E-state index contributed by atoms with van der Waals surface area (Å²) < 4.78 is 11.4. The molecule has 20 heavy (non-hydrogen) atoms. The number of hydrogen-bond acceptors (Lipinski definition) is 3. The molecule has 0 N–H and O–H groups in total. The number of benzene rings is 1. The van der Waals surface area contributed by atoms with E-state index in [0.717, 1.165) is 16.5 Å². The Kier molecular flexibility index (Phi) is 5.38. The van der Waals surface area contributed by atoms with Crippen molar-refractivity contribution in [1.82, 2.24) is 4.90 Å². The number of halogens is 1. The van der Waals surface area contributed by atoms with Crippen molar-refractivity contribution in [3.63, 3.8) is 0 Å². The summed E-state index contributed by atoms with van der Waals surface area (Å²) in [6.45, 7) is 3.05. The number of thiophene rings is 1. The van der Waals surface area contributed by atoms with E-state index in [1.807, 2.05) is 23.6 Å². The van der Waals surface area contributed by atoms with Gasteiger partial charge >= 0.3 is 0 Å². The minimum atomic E-state index is -0.916. The molecule has 1 aromatic heterocycles. The number of hydrogen-bond donors (Lipinski definition) is 0. The Morgan fingerprint density at radius 1 is 1.35 bits per heavy atom. The van der Waals surface area contributed by atoms with Gasteiger partial charge in [-0.25, -0.2) is 0 Å². The van der Waals surface area contributed by atoms with Crippen molar-refractivity contribution in [3.8, 4) is 0 Å². The maximum absolute atomic E-state index is 11.4. The molecule has 0 aliphatic heterocycles. The van der Waals surface area contributed by atoms with Gasteiger partial charge in [-0.05, 0) is 37.7 Å². The lowest BCUT2D eigenvalue weighted by atomic mass is 10.1. The molecule has 108 valence electrons. The van der Waals surface area contributed by atoms with E-state index in [1.54, 1.807) is 17.6 Å². The van der Waals surface area contributed by atoms with Gasteiger partial charge in [0.25, 0.3) is 0 Å². The Bertz CT molecular complexity index is 594. The lowest BCUT2D eigenvalue weighted by molar-refractivity contribution is 0.255. The van der Waals surface area contributed by atoms with Crippen molar-refractivity contribution in [2.24, 2.45) is 0 Å². The third kappa shape index (κ3) is 3.92. The molecule has 2 aromatic rings. The third-order valence-corrected chi connectivity index (χ3v) is 5.59. The van der Waals surface area contributed by atoms with Gasteiger partial charge in [0.15, 0.2) is 0 Å². The van der Waals surface area contributed by atoms with E-state index in [0.29, 0.717) is 6.04 Å². The maximum Gasteiger partial charge on any atom is 0.0516 e. The average Bonchev–Trinajstić information content (AvgIpc) is 2.83. The molecule has 0 fully saturated rings. The van der Waals surface area contributed by atoms with Crippen molar-refractivity contribution in [2.75, 3.05) is 13.3 Å². The molecular formula is C15H18ClNOS2. The van der Waals surface area contributed by atoms with E-state index in [9.17, 15) is 4.21 Å². The molecule has 0 saturated carbocycles. The molecule has 2 nitrogen and oxygen atoms in total. The smallest absolute Gasteiger partial charge is 0.0516 e. The van der Waals surface area contributed by atoms with Gasteiger partial charge in [0.1, 0.15) is 0 Å². The number of rotatable bonds is 5.